The van der Waals surface area contributed by atoms with Crippen LogP contribution in [0.15, 0.2) is 12.1 Å². The molecular formula is C21H27F5O. The fourth-order valence-electron chi connectivity index (χ4n) is 5.02. The third kappa shape index (κ3) is 3.81. The molecule has 2 aliphatic carbocycles. The van der Waals surface area contributed by atoms with Crippen LogP contribution in [-0.2, 0) is 0 Å². The predicted octanol–water partition coefficient (Wildman–Crippen LogP) is 6.31. The van der Waals surface area contributed by atoms with Crippen molar-refractivity contribution in [2.45, 2.75) is 70.4 Å². The van der Waals surface area contributed by atoms with Crippen molar-refractivity contribution in [1.29, 1.82) is 0 Å². The first-order chi connectivity index (χ1) is 12.9. The molecule has 0 bridgehead atoms. The Kier molecular flexibility index (Phi) is 6.32. The van der Waals surface area contributed by atoms with E-state index in [4.69, 9.17) is 4.74 Å². The van der Waals surface area contributed by atoms with Crippen molar-refractivity contribution in [2.75, 3.05) is 6.61 Å². The van der Waals surface area contributed by atoms with Crippen LogP contribution in [0, 0.1) is 29.4 Å². The van der Waals surface area contributed by atoms with Gasteiger partial charge in [-0.3, -0.25) is 0 Å². The summed E-state index contributed by atoms with van der Waals surface area (Å²) < 4.78 is 78.4. The lowest BCUT2D eigenvalue weighted by molar-refractivity contribution is 0.133. The van der Waals surface area contributed by atoms with Gasteiger partial charge in [0, 0.05) is 5.92 Å². The van der Waals surface area contributed by atoms with E-state index in [1.165, 1.54) is 12.1 Å². The fraction of sp³-hybridized carbons (Fsp3) is 0.714. The van der Waals surface area contributed by atoms with Crippen LogP contribution in [0.3, 0.4) is 0 Å². The Balaban J connectivity index is 1.85. The second kappa shape index (κ2) is 8.36. The summed E-state index contributed by atoms with van der Waals surface area (Å²) >= 11 is 0. The van der Waals surface area contributed by atoms with Crippen LogP contribution in [0.1, 0.15) is 57.4 Å². The van der Waals surface area contributed by atoms with Crippen LogP contribution < -0.4 is 4.74 Å². The Morgan fingerprint density at radius 2 is 1.67 bits per heavy atom. The van der Waals surface area contributed by atoms with E-state index in [2.05, 4.69) is 0 Å². The van der Waals surface area contributed by atoms with Gasteiger partial charge < -0.3 is 4.74 Å². The van der Waals surface area contributed by atoms with Gasteiger partial charge in [0.2, 0.25) is 5.82 Å². The molecule has 0 spiro atoms. The fourth-order valence-corrected chi connectivity index (χ4v) is 5.02. The molecule has 7 atom stereocenters. The van der Waals surface area contributed by atoms with Gasteiger partial charge in [-0.2, -0.15) is 4.39 Å². The Labute approximate surface area is 157 Å². The van der Waals surface area contributed by atoms with Crippen molar-refractivity contribution in [3.8, 4) is 5.75 Å². The van der Waals surface area contributed by atoms with Crippen LogP contribution in [-0.4, -0.2) is 25.1 Å². The molecule has 3 rings (SSSR count). The monoisotopic (exact) mass is 390 g/mol. The number of rotatable bonds is 5. The maximum absolute atomic E-state index is 15.0. The van der Waals surface area contributed by atoms with E-state index in [0.29, 0.717) is 12.8 Å². The van der Waals surface area contributed by atoms with E-state index in [1.807, 2.05) is 6.92 Å². The topological polar surface area (TPSA) is 9.23 Å². The molecule has 0 heterocycles. The lowest BCUT2D eigenvalue weighted by Gasteiger charge is -2.23. The number of halogens is 5. The van der Waals surface area contributed by atoms with Gasteiger partial charge in [-0.25, -0.2) is 17.6 Å². The zero-order valence-corrected chi connectivity index (χ0v) is 15.7. The van der Waals surface area contributed by atoms with Crippen molar-refractivity contribution in [2.24, 2.45) is 17.8 Å². The molecule has 0 radical (unpaired) electrons. The largest absolute Gasteiger partial charge is 0.491 e. The number of benzene rings is 1. The molecule has 0 saturated heterocycles. The molecule has 152 valence electrons. The van der Waals surface area contributed by atoms with Crippen LogP contribution >= 0.6 is 0 Å². The first-order valence-corrected chi connectivity index (χ1v) is 9.91. The summed E-state index contributed by atoms with van der Waals surface area (Å²) in [5.74, 6) is -5.22. The first-order valence-electron chi connectivity index (χ1n) is 9.91. The van der Waals surface area contributed by atoms with Crippen molar-refractivity contribution in [3.05, 3.63) is 29.3 Å². The molecule has 0 N–H and O–H groups in total. The predicted molar refractivity (Wildman–Crippen MR) is 94.2 cm³/mol. The van der Waals surface area contributed by atoms with Gasteiger partial charge in [0.05, 0.1) is 6.61 Å². The smallest absolute Gasteiger partial charge is 0.200 e. The molecular weight excluding hydrogens is 363 g/mol. The van der Waals surface area contributed by atoms with Crippen LogP contribution in [0.2, 0.25) is 0 Å². The molecule has 2 aliphatic rings. The summed E-state index contributed by atoms with van der Waals surface area (Å²) in [6.45, 7) is 3.75. The number of hydrogen-bond acceptors (Lipinski definition) is 1. The quantitative estimate of drug-likeness (QED) is 0.536. The Bertz CT molecular complexity index is 652. The van der Waals surface area contributed by atoms with E-state index in [1.54, 1.807) is 6.92 Å². The third-order valence-electron chi connectivity index (χ3n) is 6.30. The molecule has 2 saturated carbocycles. The molecule has 6 heteroatoms. The summed E-state index contributed by atoms with van der Waals surface area (Å²) in [6, 6.07) is 2.51. The molecule has 0 aliphatic heterocycles. The number of alkyl halides is 3. The van der Waals surface area contributed by atoms with Crippen molar-refractivity contribution < 1.29 is 26.7 Å². The normalized spacial score (nSPS) is 36.3. The Morgan fingerprint density at radius 3 is 2.33 bits per heavy atom. The van der Waals surface area contributed by atoms with Gasteiger partial charge in [0.15, 0.2) is 11.6 Å². The van der Waals surface area contributed by atoms with Crippen molar-refractivity contribution in [3.63, 3.8) is 0 Å². The molecule has 1 aromatic rings. The summed E-state index contributed by atoms with van der Waals surface area (Å²) in [4.78, 5) is 0. The van der Waals surface area contributed by atoms with Gasteiger partial charge in [-0.1, -0.05) is 19.4 Å². The van der Waals surface area contributed by atoms with E-state index >= 15 is 0 Å². The zero-order chi connectivity index (χ0) is 19.7. The molecule has 0 aromatic heterocycles. The van der Waals surface area contributed by atoms with E-state index < -0.39 is 47.9 Å². The Morgan fingerprint density at radius 1 is 0.926 bits per heavy atom. The highest BCUT2D eigenvalue weighted by Gasteiger charge is 2.51. The van der Waals surface area contributed by atoms with Crippen molar-refractivity contribution in [1.82, 2.24) is 0 Å². The van der Waals surface area contributed by atoms with Crippen LogP contribution in [0.4, 0.5) is 22.0 Å². The number of fused-ring (bicyclic) bond motifs is 1. The summed E-state index contributed by atoms with van der Waals surface area (Å²) in [5, 5.41) is 0. The zero-order valence-electron chi connectivity index (χ0n) is 15.7. The standard InChI is InChI=1S/C21H27F5O/c1-3-5-11-8-13-15(19(11)24)10-17(23)14(9-16(13)22)12-6-7-18(27-4-2)21(26)20(12)25/h6-7,11,13-17,19H,3-5,8-10H2,1-2H3. The highest BCUT2D eigenvalue weighted by atomic mass is 19.2. The lowest BCUT2D eigenvalue weighted by atomic mass is 9.87. The molecule has 1 nitrogen and oxygen atoms in total. The van der Waals surface area contributed by atoms with Gasteiger partial charge >= 0.3 is 0 Å². The highest BCUT2D eigenvalue weighted by molar-refractivity contribution is 5.34. The minimum absolute atomic E-state index is 0.147. The minimum Gasteiger partial charge on any atom is -0.491 e. The summed E-state index contributed by atoms with van der Waals surface area (Å²) in [7, 11) is 0. The van der Waals surface area contributed by atoms with Gasteiger partial charge in [0.25, 0.3) is 0 Å². The minimum atomic E-state index is -1.61. The van der Waals surface area contributed by atoms with Crippen LogP contribution in [0.5, 0.6) is 5.75 Å². The second-order valence-corrected chi connectivity index (χ2v) is 7.88. The van der Waals surface area contributed by atoms with E-state index in [9.17, 15) is 22.0 Å². The molecule has 2 fully saturated rings. The summed E-state index contributed by atoms with van der Waals surface area (Å²) in [5.41, 5.74) is -0.188. The van der Waals surface area contributed by atoms with Crippen LogP contribution in [0.25, 0.3) is 0 Å². The summed E-state index contributed by atoms with van der Waals surface area (Å²) in [6.07, 6.45) is -2.78. The molecule has 1 aromatic carbocycles. The number of ether oxygens (including phenoxy) is 1. The average molecular weight is 390 g/mol. The second-order valence-electron chi connectivity index (χ2n) is 7.88. The number of hydrogen-bond donors (Lipinski definition) is 0. The molecule has 27 heavy (non-hydrogen) atoms. The van der Waals surface area contributed by atoms with Gasteiger partial charge in [-0.15, -0.1) is 0 Å². The third-order valence-corrected chi connectivity index (χ3v) is 6.30. The molecule has 7 unspecified atom stereocenters. The highest BCUT2D eigenvalue weighted by Crippen LogP contribution is 2.51. The lowest BCUT2D eigenvalue weighted by Crippen LogP contribution is -2.24. The SMILES string of the molecule is CCCC1CC2C(F)CC(c3ccc(OCC)c(F)c3F)C(F)CC2C1F. The maximum Gasteiger partial charge on any atom is 0.200 e. The van der Waals surface area contributed by atoms with Gasteiger partial charge in [0.1, 0.15) is 18.5 Å². The van der Waals surface area contributed by atoms with Crippen molar-refractivity contribution >= 4 is 0 Å². The van der Waals surface area contributed by atoms with E-state index in [-0.39, 0.29) is 36.7 Å². The average Bonchev–Trinajstić information content (AvgIpc) is 2.87. The molecule has 0 amide bonds. The maximum atomic E-state index is 15.0. The van der Waals surface area contributed by atoms with Gasteiger partial charge in [-0.05, 0) is 62.0 Å². The first kappa shape index (κ1) is 20.4. The van der Waals surface area contributed by atoms with E-state index in [0.717, 1.165) is 6.42 Å². The Hall–Kier alpha value is -1.33.